The molecule has 3 aromatic rings. The molecule has 0 spiro atoms. The summed E-state index contributed by atoms with van der Waals surface area (Å²) < 4.78 is 2.12. The maximum atomic E-state index is 11.3. The third kappa shape index (κ3) is 6.14. The van der Waals surface area contributed by atoms with E-state index in [-0.39, 0.29) is 5.91 Å². The summed E-state index contributed by atoms with van der Waals surface area (Å²) in [7, 11) is 0. The Labute approximate surface area is 175 Å². The summed E-state index contributed by atoms with van der Waals surface area (Å²) in [6, 6.07) is 14.3. The average molecular weight is 414 g/mol. The van der Waals surface area contributed by atoms with Crippen molar-refractivity contribution in [1.29, 1.82) is 0 Å². The molecule has 0 bridgehead atoms. The van der Waals surface area contributed by atoms with Crippen molar-refractivity contribution in [3.05, 3.63) is 77.3 Å². The Hall–Kier alpha value is -2.24. The van der Waals surface area contributed by atoms with E-state index in [0.717, 1.165) is 35.7 Å². The van der Waals surface area contributed by atoms with Gasteiger partial charge < -0.3 is 9.88 Å². The van der Waals surface area contributed by atoms with Crippen LogP contribution >= 0.6 is 23.4 Å². The van der Waals surface area contributed by atoms with E-state index in [4.69, 9.17) is 11.6 Å². The van der Waals surface area contributed by atoms with Crippen molar-refractivity contribution >= 4 is 35.0 Å². The molecule has 6 heteroatoms. The predicted octanol–water partition coefficient (Wildman–Crippen LogP) is 5.60. The van der Waals surface area contributed by atoms with Crippen LogP contribution < -0.4 is 5.32 Å². The van der Waals surface area contributed by atoms with Crippen LogP contribution in [0.1, 0.15) is 24.5 Å². The van der Waals surface area contributed by atoms with Gasteiger partial charge in [0.25, 0.3) is 0 Å². The summed E-state index contributed by atoms with van der Waals surface area (Å²) in [4.78, 5) is 16.7. The molecule has 1 atom stereocenters. The van der Waals surface area contributed by atoms with Gasteiger partial charge in [-0.15, -0.1) is 11.8 Å². The van der Waals surface area contributed by atoms with E-state index in [1.807, 2.05) is 55.6 Å². The van der Waals surface area contributed by atoms with Gasteiger partial charge in [0.2, 0.25) is 5.91 Å². The minimum absolute atomic E-state index is 0.0514. The number of anilines is 1. The van der Waals surface area contributed by atoms with Gasteiger partial charge in [-0.2, -0.15) is 0 Å². The zero-order chi connectivity index (χ0) is 19.9. The van der Waals surface area contributed by atoms with Gasteiger partial charge in [-0.3, -0.25) is 4.79 Å². The maximum absolute atomic E-state index is 11.3. The predicted molar refractivity (Wildman–Crippen MR) is 117 cm³/mol. The van der Waals surface area contributed by atoms with Gasteiger partial charge in [-0.1, -0.05) is 23.7 Å². The molecule has 1 N–H and O–H groups in total. The highest BCUT2D eigenvalue weighted by Gasteiger charge is 2.13. The molecule has 0 aliphatic rings. The fourth-order valence-corrected chi connectivity index (χ4v) is 4.41. The fourth-order valence-electron chi connectivity index (χ4n) is 3.03. The van der Waals surface area contributed by atoms with Crippen molar-refractivity contribution in [2.75, 3.05) is 5.32 Å². The quantitative estimate of drug-likeness (QED) is 0.489. The molecule has 0 saturated carbocycles. The zero-order valence-electron chi connectivity index (χ0n) is 16.1. The van der Waals surface area contributed by atoms with Crippen molar-refractivity contribution in [3.63, 3.8) is 0 Å². The third-order valence-electron chi connectivity index (χ3n) is 4.45. The number of thioether (sulfide) groups is 1. The highest BCUT2D eigenvalue weighted by molar-refractivity contribution is 8.00. The molecule has 0 radical (unpaired) electrons. The Kier molecular flexibility index (Phi) is 7.18. The van der Waals surface area contributed by atoms with Crippen LogP contribution in [0.5, 0.6) is 0 Å². The molecular formula is C22H24ClN3OS. The number of nitrogens with one attached hydrogen (secondary N) is 1. The minimum Gasteiger partial charge on any atom is -0.336 e. The number of carbonyl (C=O) groups excluding carboxylic acids is 1. The van der Waals surface area contributed by atoms with Crippen molar-refractivity contribution in [2.24, 2.45) is 0 Å². The van der Waals surface area contributed by atoms with E-state index in [1.165, 1.54) is 17.4 Å². The summed E-state index contributed by atoms with van der Waals surface area (Å²) in [5.74, 6) is -0.0514. The summed E-state index contributed by atoms with van der Waals surface area (Å²) in [6.07, 6.45) is 7.71. The highest BCUT2D eigenvalue weighted by atomic mass is 35.5. The lowest BCUT2D eigenvalue weighted by molar-refractivity contribution is -0.114. The van der Waals surface area contributed by atoms with Crippen LogP contribution in [0.15, 0.2) is 66.1 Å². The number of hydrogen-bond acceptors (Lipinski definition) is 3. The Morgan fingerprint density at radius 1 is 1.25 bits per heavy atom. The molecule has 0 aliphatic carbocycles. The molecule has 28 heavy (non-hydrogen) atoms. The number of halogens is 1. The smallest absolute Gasteiger partial charge is 0.221 e. The van der Waals surface area contributed by atoms with E-state index in [1.54, 1.807) is 0 Å². The minimum atomic E-state index is -0.0514. The van der Waals surface area contributed by atoms with Crippen LogP contribution in [0.4, 0.5) is 5.69 Å². The van der Waals surface area contributed by atoms with E-state index in [2.05, 4.69) is 39.1 Å². The van der Waals surface area contributed by atoms with Crippen molar-refractivity contribution in [1.82, 2.24) is 9.55 Å². The molecular weight excluding hydrogens is 390 g/mol. The largest absolute Gasteiger partial charge is 0.336 e. The third-order valence-corrected chi connectivity index (χ3v) is 5.95. The Balaban J connectivity index is 1.70. The van der Waals surface area contributed by atoms with Gasteiger partial charge in [0, 0.05) is 46.7 Å². The Morgan fingerprint density at radius 2 is 2.04 bits per heavy atom. The number of benzene rings is 2. The average Bonchev–Trinajstić information content (AvgIpc) is 3.16. The number of hydrogen-bond donors (Lipinski definition) is 1. The topological polar surface area (TPSA) is 46.9 Å². The van der Waals surface area contributed by atoms with Gasteiger partial charge in [0.1, 0.15) is 0 Å². The van der Waals surface area contributed by atoms with Gasteiger partial charge in [-0.05, 0) is 61.2 Å². The summed E-state index contributed by atoms with van der Waals surface area (Å²) in [5, 5.41) is 4.04. The van der Waals surface area contributed by atoms with Crippen LogP contribution in [0.25, 0.3) is 0 Å². The molecule has 3 rings (SSSR count). The number of nitrogens with zero attached hydrogens (tertiary/aromatic N) is 2. The number of imidazole rings is 1. The van der Waals surface area contributed by atoms with E-state index >= 15 is 0 Å². The van der Waals surface area contributed by atoms with Crippen LogP contribution in [0, 0.1) is 6.92 Å². The van der Waals surface area contributed by atoms with E-state index in [0.29, 0.717) is 5.25 Å². The Morgan fingerprint density at radius 3 is 2.68 bits per heavy atom. The van der Waals surface area contributed by atoms with Crippen LogP contribution in [0.2, 0.25) is 5.02 Å². The first-order valence-corrected chi connectivity index (χ1v) is 10.5. The molecule has 1 unspecified atom stereocenters. The lowest BCUT2D eigenvalue weighted by Gasteiger charge is -2.18. The molecule has 2 aromatic carbocycles. The van der Waals surface area contributed by atoms with Crippen LogP contribution in [-0.4, -0.2) is 20.7 Å². The van der Waals surface area contributed by atoms with Gasteiger partial charge in [0.15, 0.2) is 0 Å². The SMILES string of the molecule is CC(=O)Nc1ccc(SC(CCc2ccc(Cl)cc2)Cn2ccnc2)cc1C. The molecule has 1 aromatic heterocycles. The Bertz CT molecular complexity index is 910. The van der Waals surface area contributed by atoms with Gasteiger partial charge >= 0.3 is 0 Å². The zero-order valence-corrected chi connectivity index (χ0v) is 17.6. The van der Waals surface area contributed by atoms with Gasteiger partial charge in [0.05, 0.1) is 6.33 Å². The maximum Gasteiger partial charge on any atom is 0.221 e. The number of aromatic nitrogens is 2. The number of aryl methyl sites for hydroxylation is 2. The summed E-state index contributed by atoms with van der Waals surface area (Å²) in [5.41, 5.74) is 3.22. The summed E-state index contributed by atoms with van der Waals surface area (Å²) in [6.45, 7) is 4.44. The molecule has 146 valence electrons. The first kappa shape index (κ1) is 20.5. The lowest BCUT2D eigenvalue weighted by Crippen LogP contribution is -2.13. The molecule has 0 aliphatic heterocycles. The van der Waals surface area contributed by atoms with E-state index in [9.17, 15) is 4.79 Å². The van der Waals surface area contributed by atoms with E-state index < -0.39 is 0 Å². The van der Waals surface area contributed by atoms with Crippen molar-refractivity contribution in [3.8, 4) is 0 Å². The number of amides is 1. The van der Waals surface area contributed by atoms with Crippen LogP contribution in [-0.2, 0) is 17.8 Å². The first-order chi connectivity index (χ1) is 13.5. The molecule has 1 amide bonds. The highest BCUT2D eigenvalue weighted by Crippen LogP contribution is 2.30. The number of rotatable bonds is 8. The normalized spacial score (nSPS) is 12.0. The molecule has 0 saturated heterocycles. The standard InChI is InChI=1S/C22H24ClN3OS/c1-16-13-20(9-10-22(16)25-17(2)27)28-21(14-26-12-11-24-15-26)8-5-18-3-6-19(23)7-4-18/h3-4,6-7,9-13,15,21H,5,8,14H2,1-2H3,(H,25,27). The second-order valence-corrected chi connectivity index (χ2v) is 8.63. The van der Waals surface area contributed by atoms with Crippen molar-refractivity contribution in [2.45, 2.75) is 43.4 Å². The number of carbonyl (C=O) groups is 1. The summed E-state index contributed by atoms with van der Waals surface area (Å²) >= 11 is 7.86. The second-order valence-electron chi connectivity index (χ2n) is 6.82. The molecule has 4 nitrogen and oxygen atoms in total. The molecule has 0 fully saturated rings. The van der Waals surface area contributed by atoms with Crippen molar-refractivity contribution < 1.29 is 4.79 Å². The lowest BCUT2D eigenvalue weighted by atomic mass is 10.1. The monoisotopic (exact) mass is 413 g/mol. The molecule has 1 heterocycles. The van der Waals surface area contributed by atoms with Crippen LogP contribution in [0.3, 0.4) is 0 Å². The van der Waals surface area contributed by atoms with Gasteiger partial charge in [-0.25, -0.2) is 4.98 Å². The fraction of sp³-hybridized carbons (Fsp3) is 0.273. The first-order valence-electron chi connectivity index (χ1n) is 9.24. The second kappa shape index (κ2) is 9.80.